The van der Waals surface area contributed by atoms with Crippen molar-refractivity contribution in [3.8, 4) is 34.3 Å². The fraction of sp³-hybridized carbons (Fsp3) is 0.261. The zero-order valence-electron chi connectivity index (χ0n) is 16.5. The highest BCUT2D eigenvalue weighted by molar-refractivity contribution is 5.95. The maximum atomic E-state index is 5.70. The third-order valence-corrected chi connectivity index (χ3v) is 5.59. The molecule has 3 heterocycles. The average Bonchev–Trinajstić information content (AvgIpc) is 3.18. The number of hydrogen-bond acceptors (Lipinski definition) is 4. The molecule has 2 aromatic carbocycles. The van der Waals surface area contributed by atoms with Crippen LogP contribution in [0.1, 0.15) is 11.1 Å². The molecule has 0 aliphatic carbocycles. The molecule has 0 saturated carbocycles. The molecule has 1 aromatic heterocycles. The molecular formula is C23H22BrNO4. The zero-order valence-corrected chi connectivity index (χ0v) is 18.0. The van der Waals surface area contributed by atoms with E-state index >= 15 is 0 Å². The van der Waals surface area contributed by atoms with Gasteiger partial charge in [-0.15, -0.1) is 6.58 Å². The first-order chi connectivity index (χ1) is 13.7. The second-order valence-corrected chi connectivity index (χ2v) is 7.02. The van der Waals surface area contributed by atoms with Gasteiger partial charge in [0.1, 0.15) is 0 Å². The van der Waals surface area contributed by atoms with Gasteiger partial charge in [0.15, 0.2) is 35.7 Å². The van der Waals surface area contributed by atoms with Gasteiger partial charge in [-0.2, -0.15) is 4.57 Å². The molecule has 6 heteroatoms. The number of aromatic nitrogens is 1. The largest absolute Gasteiger partial charge is 1.00 e. The van der Waals surface area contributed by atoms with Gasteiger partial charge in [0.25, 0.3) is 0 Å². The van der Waals surface area contributed by atoms with Crippen molar-refractivity contribution in [1.29, 1.82) is 0 Å². The van der Waals surface area contributed by atoms with Crippen LogP contribution in [0.25, 0.3) is 22.0 Å². The molecule has 0 atom stereocenters. The molecule has 5 nitrogen and oxygen atoms in total. The molecule has 2 aliphatic heterocycles. The van der Waals surface area contributed by atoms with Crippen molar-refractivity contribution in [1.82, 2.24) is 0 Å². The number of ether oxygens (including phenoxy) is 4. The Morgan fingerprint density at radius 1 is 1.10 bits per heavy atom. The molecule has 29 heavy (non-hydrogen) atoms. The van der Waals surface area contributed by atoms with Crippen molar-refractivity contribution in [3.05, 3.63) is 54.2 Å². The summed E-state index contributed by atoms with van der Waals surface area (Å²) in [6, 6.07) is 8.31. The minimum absolute atomic E-state index is 0. The van der Waals surface area contributed by atoms with Gasteiger partial charge >= 0.3 is 0 Å². The van der Waals surface area contributed by atoms with Crippen molar-refractivity contribution in [2.45, 2.75) is 19.4 Å². The van der Waals surface area contributed by atoms with Crippen molar-refractivity contribution >= 4 is 10.8 Å². The van der Waals surface area contributed by atoms with Gasteiger partial charge in [0, 0.05) is 17.4 Å². The lowest BCUT2D eigenvalue weighted by Crippen LogP contribution is -3.00. The predicted octanol–water partition coefficient (Wildman–Crippen LogP) is 0.829. The monoisotopic (exact) mass is 455 g/mol. The lowest BCUT2D eigenvalue weighted by Gasteiger charge is -2.20. The zero-order chi connectivity index (χ0) is 19.3. The molecule has 2 aliphatic rings. The van der Waals surface area contributed by atoms with Crippen molar-refractivity contribution < 1.29 is 40.5 Å². The fourth-order valence-electron chi connectivity index (χ4n) is 4.36. The number of nitrogens with zero attached hydrogens (tertiary/aromatic N) is 1. The van der Waals surface area contributed by atoms with E-state index < -0.39 is 0 Å². The summed E-state index contributed by atoms with van der Waals surface area (Å²) in [5.41, 5.74) is 4.92. The third-order valence-electron chi connectivity index (χ3n) is 5.59. The number of halogens is 1. The van der Waals surface area contributed by atoms with E-state index in [1.165, 1.54) is 22.4 Å². The van der Waals surface area contributed by atoms with E-state index in [0.29, 0.717) is 0 Å². The maximum Gasteiger partial charge on any atom is 0.231 e. The lowest BCUT2D eigenvalue weighted by molar-refractivity contribution is -0.686. The highest BCUT2D eigenvalue weighted by Crippen LogP contribution is 2.43. The van der Waals surface area contributed by atoms with E-state index in [0.717, 1.165) is 53.2 Å². The van der Waals surface area contributed by atoms with Crippen LogP contribution in [-0.4, -0.2) is 21.0 Å². The summed E-state index contributed by atoms with van der Waals surface area (Å²) in [4.78, 5) is 0. The number of hydrogen-bond donors (Lipinski definition) is 0. The second kappa shape index (κ2) is 7.59. The van der Waals surface area contributed by atoms with E-state index in [9.17, 15) is 0 Å². The van der Waals surface area contributed by atoms with Crippen LogP contribution < -0.4 is 40.5 Å². The average molecular weight is 456 g/mol. The number of aryl methyl sites for hydroxylation is 2. The number of methoxy groups -OCH3 is 2. The quantitative estimate of drug-likeness (QED) is 0.431. The highest BCUT2D eigenvalue weighted by atomic mass is 79.9. The summed E-state index contributed by atoms with van der Waals surface area (Å²) < 4.78 is 24.8. The van der Waals surface area contributed by atoms with E-state index in [4.69, 9.17) is 18.9 Å². The third kappa shape index (κ3) is 2.94. The van der Waals surface area contributed by atoms with Gasteiger partial charge in [0.05, 0.1) is 25.2 Å². The molecule has 0 N–H and O–H groups in total. The minimum atomic E-state index is 0. The lowest BCUT2D eigenvalue weighted by atomic mass is 9.90. The van der Waals surface area contributed by atoms with Crippen molar-refractivity contribution in [2.75, 3.05) is 21.0 Å². The molecule has 0 spiro atoms. The van der Waals surface area contributed by atoms with Crippen molar-refractivity contribution in [3.63, 3.8) is 0 Å². The van der Waals surface area contributed by atoms with E-state index in [-0.39, 0.29) is 23.8 Å². The summed E-state index contributed by atoms with van der Waals surface area (Å²) in [6.07, 6.45) is 5.82. The molecule has 0 unspecified atom stereocenters. The van der Waals surface area contributed by atoms with Crippen LogP contribution in [0.4, 0.5) is 0 Å². The van der Waals surface area contributed by atoms with Crippen LogP contribution in [0.5, 0.6) is 23.0 Å². The van der Waals surface area contributed by atoms with Gasteiger partial charge in [-0.25, -0.2) is 0 Å². The Balaban J connectivity index is 0.00000205. The molecule has 150 valence electrons. The Morgan fingerprint density at radius 3 is 2.62 bits per heavy atom. The van der Waals surface area contributed by atoms with Gasteiger partial charge < -0.3 is 35.9 Å². The van der Waals surface area contributed by atoms with Crippen LogP contribution in [0.3, 0.4) is 0 Å². The smallest absolute Gasteiger partial charge is 0.231 e. The van der Waals surface area contributed by atoms with Gasteiger partial charge in [-0.05, 0) is 36.2 Å². The molecule has 0 saturated heterocycles. The second-order valence-electron chi connectivity index (χ2n) is 7.02. The van der Waals surface area contributed by atoms with Crippen LogP contribution in [0.2, 0.25) is 0 Å². The first-order valence-electron chi connectivity index (χ1n) is 9.39. The first kappa shape index (κ1) is 19.6. The molecule has 0 bridgehead atoms. The van der Waals surface area contributed by atoms with Crippen LogP contribution in [-0.2, 0) is 19.4 Å². The molecule has 0 amide bonds. The Morgan fingerprint density at radius 2 is 1.90 bits per heavy atom. The molecule has 0 radical (unpaired) electrons. The summed E-state index contributed by atoms with van der Waals surface area (Å²) >= 11 is 0. The Kier molecular flexibility index (Phi) is 5.13. The molecule has 0 fully saturated rings. The fourth-order valence-corrected chi connectivity index (χ4v) is 4.36. The van der Waals surface area contributed by atoms with E-state index in [2.05, 4.69) is 35.5 Å². The summed E-state index contributed by atoms with van der Waals surface area (Å²) in [5, 5.41) is 2.20. The van der Waals surface area contributed by atoms with Crippen LogP contribution in [0, 0.1) is 0 Å². The highest BCUT2D eigenvalue weighted by Gasteiger charge is 2.31. The normalized spacial score (nSPS) is 13.3. The first-order valence-corrected chi connectivity index (χ1v) is 9.39. The topological polar surface area (TPSA) is 40.8 Å². The maximum absolute atomic E-state index is 5.70. The summed E-state index contributed by atoms with van der Waals surface area (Å²) in [5.74, 6) is 3.14. The predicted molar refractivity (Wildman–Crippen MR) is 106 cm³/mol. The van der Waals surface area contributed by atoms with Gasteiger partial charge in [0.2, 0.25) is 12.5 Å². The van der Waals surface area contributed by atoms with Gasteiger partial charge in [-0.1, -0.05) is 6.08 Å². The molecule has 5 rings (SSSR count). The summed E-state index contributed by atoms with van der Waals surface area (Å²) in [7, 11) is 3.35. The SMILES string of the molecule is C=CCc1c2[n+](cc3c(OC)c(OC)ccc13)CCc1cc3c(cc1-2)OCO3.[Br-]. The van der Waals surface area contributed by atoms with Crippen LogP contribution >= 0.6 is 0 Å². The van der Waals surface area contributed by atoms with E-state index in [1.54, 1.807) is 14.2 Å². The summed E-state index contributed by atoms with van der Waals surface area (Å²) in [6.45, 7) is 5.17. The van der Waals surface area contributed by atoms with Crippen LogP contribution in [0.15, 0.2) is 43.1 Å². The number of rotatable bonds is 4. The molecular weight excluding hydrogens is 434 g/mol. The number of pyridine rings is 1. The number of benzene rings is 2. The Bertz CT molecular complexity index is 1130. The molecule has 3 aromatic rings. The van der Waals surface area contributed by atoms with E-state index in [1.807, 2.05) is 12.1 Å². The van der Waals surface area contributed by atoms with Crippen molar-refractivity contribution in [2.24, 2.45) is 0 Å². The standard InChI is InChI=1S/C23H22NO4.BrH/c1-4-5-16-15-6-7-19(25-2)23(26-3)18(15)12-24-9-8-14-10-20-21(28-13-27-20)11-17(14)22(16)24;/h4,6-7,10-12H,1,5,8-9,13H2,2-3H3;1H/q+1;/p-1. The minimum Gasteiger partial charge on any atom is -1.00 e. The number of fused-ring (bicyclic) bond motifs is 5. The van der Waals surface area contributed by atoms with Gasteiger partial charge in [-0.3, -0.25) is 0 Å². The Hall–Kier alpha value is -2.73. The number of allylic oxidation sites excluding steroid dienone is 1. The Labute approximate surface area is 180 Å².